The molecule has 1 aliphatic carbocycles. The summed E-state index contributed by atoms with van der Waals surface area (Å²) < 4.78 is 17.9. The van der Waals surface area contributed by atoms with Crippen molar-refractivity contribution in [2.75, 3.05) is 19.8 Å². The van der Waals surface area contributed by atoms with E-state index in [1.807, 2.05) is 12.1 Å². The molecule has 0 atom stereocenters. The predicted octanol–water partition coefficient (Wildman–Crippen LogP) is 7.86. The standard InChI is InChI=1S/C28H44O3/c1-3-5-6-7-10-25-21-30-28(31-22-25)26-16-18-27(19-17-26)29-20-8-11-24-14-12-23(9-4-2)13-15-24/h8,11,16-19,23-25,28H,3-7,9-10,12-15,20-22H2,1-2H3/t23-,24-,25-,28-. The summed E-state index contributed by atoms with van der Waals surface area (Å²) in [6, 6.07) is 8.20. The predicted molar refractivity (Wildman–Crippen MR) is 128 cm³/mol. The lowest BCUT2D eigenvalue weighted by atomic mass is 9.80. The SMILES string of the molecule is CCCCCC[C@H]1CO[C@H](c2ccc(OCC=C[C@H]3CC[C@H](CCC)CC3)cc2)OC1. The van der Waals surface area contributed by atoms with Crippen LogP contribution in [0.4, 0.5) is 0 Å². The van der Waals surface area contributed by atoms with Crippen LogP contribution in [-0.2, 0) is 9.47 Å². The average molecular weight is 429 g/mol. The molecule has 1 aliphatic heterocycles. The lowest BCUT2D eigenvalue weighted by molar-refractivity contribution is -0.206. The Morgan fingerprint density at radius 1 is 0.839 bits per heavy atom. The highest BCUT2D eigenvalue weighted by Gasteiger charge is 2.23. The first kappa shape index (κ1) is 24.3. The second-order valence-corrected chi connectivity index (χ2v) is 9.59. The lowest BCUT2D eigenvalue weighted by Crippen LogP contribution is -2.27. The van der Waals surface area contributed by atoms with E-state index in [2.05, 4.69) is 38.1 Å². The highest BCUT2D eigenvalue weighted by Crippen LogP contribution is 2.32. The van der Waals surface area contributed by atoms with Gasteiger partial charge in [-0.15, -0.1) is 0 Å². The minimum absolute atomic E-state index is 0.233. The molecule has 3 rings (SSSR count). The van der Waals surface area contributed by atoms with Crippen LogP contribution in [-0.4, -0.2) is 19.8 Å². The van der Waals surface area contributed by atoms with Crippen molar-refractivity contribution in [3.05, 3.63) is 42.0 Å². The van der Waals surface area contributed by atoms with Gasteiger partial charge in [-0.2, -0.15) is 0 Å². The number of hydrogen-bond donors (Lipinski definition) is 0. The van der Waals surface area contributed by atoms with Gasteiger partial charge in [0.05, 0.1) is 13.2 Å². The lowest BCUT2D eigenvalue weighted by Gasteiger charge is -2.29. The molecule has 1 saturated heterocycles. The Bertz CT molecular complexity index is 608. The number of hydrogen-bond acceptors (Lipinski definition) is 3. The summed E-state index contributed by atoms with van der Waals surface area (Å²) in [5.74, 6) is 3.17. The fourth-order valence-electron chi connectivity index (χ4n) is 4.95. The second-order valence-electron chi connectivity index (χ2n) is 9.59. The van der Waals surface area contributed by atoms with Crippen LogP contribution < -0.4 is 4.74 Å². The van der Waals surface area contributed by atoms with E-state index in [1.165, 1.54) is 70.6 Å². The highest BCUT2D eigenvalue weighted by atomic mass is 16.7. The normalized spacial score (nSPS) is 26.9. The second kappa shape index (κ2) is 14.0. The summed E-state index contributed by atoms with van der Waals surface area (Å²) >= 11 is 0. The number of ether oxygens (including phenoxy) is 3. The van der Waals surface area contributed by atoms with Gasteiger partial charge in [0, 0.05) is 11.5 Å². The first-order valence-electron chi connectivity index (χ1n) is 12.9. The van der Waals surface area contributed by atoms with Crippen molar-refractivity contribution in [2.24, 2.45) is 17.8 Å². The van der Waals surface area contributed by atoms with Gasteiger partial charge in [0.1, 0.15) is 12.4 Å². The Kier molecular flexibility index (Phi) is 11.0. The van der Waals surface area contributed by atoms with E-state index in [0.717, 1.165) is 36.4 Å². The quantitative estimate of drug-likeness (QED) is 0.250. The highest BCUT2D eigenvalue weighted by molar-refractivity contribution is 5.28. The average Bonchev–Trinajstić information content (AvgIpc) is 2.82. The van der Waals surface area contributed by atoms with Crippen molar-refractivity contribution in [1.82, 2.24) is 0 Å². The van der Waals surface area contributed by atoms with Crippen LogP contribution in [0.5, 0.6) is 5.75 Å². The van der Waals surface area contributed by atoms with E-state index in [0.29, 0.717) is 12.5 Å². The van der Waals surface area contributed by atoms with Crippen LogP contribution >= 0.6 is 0 Å². The molecule has 0 unspecified atom stereocenters. The molecule has 1 aromatic carbocycles. The van der Waals surface area contributed by atoms with Gasteiger partial charge in [0.2, 0.25) is 0 Å². The minimum atomic E-state index is -0.233. The minimum Gasteiger partial charge on any atom is -0.490 e. The van der Waals surface area contributed by atoms with Gasteiger partial charge in [-0.05, 0) is 56.1 Å². The molecule has 0 radical (unpaired) electrons. The third-order valence-corrected chi connectivity index (χ3v) is 6.93. The summed E-state index contributed by atoms with van der Waals surface area (Å²) in [6.07, 6.45) is 19.0. The fraction of sp³-hybridized carbons (Fsp3) is 0.714. The number of unbranched alkanes of at least 4 members (excludes halogenated alkanes) is 3. The van der Waals surface area contributed by atoms with Crippen molar-refractivity contribution in [1.29, 1.82) is 0 Å². The summed E-state index contributed by atoms with van der Waals surface area (Å²) in [6.45, 7) is 6.81. The fourth-order valence-corrected chi connectivity index (χ4v) is 4.95. The maximum atomic E-state index is 5.99. The van der Waals surface area contributed by atoms with Crippen molar-refractivity contribution >= 4 is 0 Å². The molecule has 3 nitrogen and oxygen atoms in total. The largest absolute Gasteiger partial charge is 0.490 e. The Morgan fingerprint density at radius 2 is 1.58 bits per heavy atom. The molecule has 1 aromatic rings. The molecule has 31 heavy (non-hydrogen) atoms. The van der Waals surface area contributed by atoms with Crippen molar-refractivity contribution in [3.8, 4) is 5.75 Å². The van der Waals surface area contributed by atoms with Crippen LogP contribution in [0.1, 0.15) is 96.3 Å². The molecule has 1 saturated carbocycles. The number of allylic oxidation sites excluding steroid dienone is 1. The van der Waals surface area contributed by atoms with Gasteiger partial charge in [0.15, 0.2) is 6.29 Å². The van der Waals surface area contributed by atoms with E-state index >= 15 is 0 Å². The first-order chi connectivity index (χ1) is 15.3. The maximum absolute atomic E-state index is 5.99. The molecule has 1 heterocycles. The van der Waals surface area contributed by atoms with Gasteiger partial charge in [-0.25, -0.2) is 0 Å². The van der Waals surface area contributed by atoms with E-state index in [9.17, 15) is 0 Å². The zero-order chi connectivity index (χ0) is 21.7. The molecule has 0 N–H and O–H groups in total. The molecule has 0 spiro atoms. The topological polar surface area (TPSA) is 27.7 Å². The molecular formula is C28H44O3. The molecule has 0 amide bonds. The van der Waals surface area contributed by atoms with Gasteiger partial charge >= 0.3 is 0 Å². The Labute approximate surface area is 190 Å². The Morgan fingerprint density at radius 3 is 2.26 bits per heavy atom. The molecule has 0 bridgehead atoms. The van der Waals surface area contributed by atoms with E-state index < -0.39 is 0 Å². The van der Waals surface area contributed by atoms with Gasteiger partial charge in [-0.1, -0.05) is 76.7 Å². The summed E-state index contributed by atoms with van der Waals surface area (Å²) in [4.78, 5) is 0. The third-order valence-electron chi connectivity index (χ3n) is 6.93. The summed E-state index contributed by atoms with van der Waals surface area (Å²) in [7, 11) is 0. The van der Waals surface area contributed by atoms with Crippen molar-refractivity contribution in [2.45, 2.75) is 90.8 Å². The Hall–Kier alpha value is -1.32. The Balaban J connectivity index is 1.32. The molecule has 174 valence electrons. The van der Waals surface area contributed by atoms with Crippen LogP contribution in [0.15, 0.2) is 36.4 Å². The first-order valence-corrected chi connectivity index (χ1v) is 12.9. The van der Waals surface area contributed by atoms with E-state index in [-0.39, 0.29) is 6.29 Å². The van der Waals surface area contributed by atoms with E-state index in [1.54, 1.807) is 0 Å². The third kappa shape index (κ3) is 8.61. The molecule has 2 aliphatic rings. The summed E-state index contributed by atoms with van der Waals surface area (Å²) in [5, 5.41) is 0. The van der Waals surface area contributed by atoms with Gasteiger partial charge in [-0.3, -0.25) is 0 Å². The smallest absolute Gasteiger partial charge is 0.183 e. The monoisotopic (exact) mass is 428 g/mol. The molecule has 2 fully saturated rings. The molecule has 0 aromatic heterocycles. The van der Waals surface area contributed by atoms with Crippen LogP contribution in [0.2, 0.25) is 0 Å². The van der Waals surface area contributed by atoms with Crippen molar-refractivity contribution in [3.63, 3.8) is 0 Å². The van der Waals surface area contributed by atoms with Crippen LogP contribution in [0, 0.1) is 17.8 Å². The van der Waals surface area contributed by atoms with Crippen molar-refractivity contribution < 1.29 is 14.2 Å². The maximum Gasteiger partial charge on any atom is 0.183 e. The van der Waals surface area contributed by atoms with Gasteiger partial charge < -0.3 is 14.2 Å². The van der Waals surface area contributed by atoms with E-state index in [4.69, 9.17) is 14.2 Å². The van der Waals surface area contributed by atoms with Crippen LogP contribution in [0.3, 0.4) is 0 Å². The summed E-state index contributed by atoms with van der Waals surface area (Å²) in [5.41, 5.74) is 1.08. The molecular weight excluding hydrogens is 384 g/mol. The zero-order valence-corrected chi connectivity index (χ0v) is 19.9. The number of rotatable bonds is 12. The van der Waals surface area contributed by atoms with Gasteiger partial charge in [0.25, 0.3) is 0 Å². The van der Waals surface area contributed by atoms with Crippen LogP contribution in [0.25, 0.3) is 0 Å². The zero-order valence-electron chi connectivity index (χ0n) is 19.9. The molecule has 3 heteroatoms. The number of benzene rings is 1.